The molecule has 0 saturated heterocycles. The minimum absolute atomic E-state index is 0.0474. The van der Waals surface area contributed by atoms with E-state index in [9.17, 15) is 26.4 Å². The number of esters is 1. The van der Waals surface area contributed by atoms with Gasteiger partial charge in [-0.15, -0.1) is 0 Å². The molecule has 0 bridgehead atoms. The van der Waals surface area contributed by atoms with Gasteiger partial charge in [0.05, 0.1) is 0 Å². The van der Waals surface area contributed by atoms with Gasteiger partial charge in [-0.1, -0.05) is 13.0 Å². The maximum Gasteiger partial charge on any atom is 0.534 e. The second-order valence-electron chi connectivity index (χ2n) is 8.98. The van der Waals surface area contributed by atoms with Gasteiger partial charge in [-0.25, -0.2) is 0 Å². The maximum absolute atomic E-state index is 12.6. The van der Waals surface area contributed by atoms with Gasteiger partial charge in [0.25, 0.3) is 0 Å². The molecule has 0 spiro atoms. The zero-order chi connectivity index (χ0) is 21.9. The lowest BCUT2D eigenvalue weighted by Gasteiger charge is -2.50. The lowest BCUT2D eigenvalue weighted by molar-refractivity contribution is -0.154. The Kier molecular flexibility index (Phi) is 5.11. The average Bonchev–Trinajstić information content (AvgIpc) is 2.96. The molecular formula is C21H25F3O5S. The number of ether oxygens (including phenoxy) is 1. The van der Waals surface area contributed by atoms with E-state index >= 15 is 0 Å². The van der Waals surface area contributed by atoms with Crippen LogP contribution in [-0.2, 0) is 26.1 Å². The quantitative estimate of drug-likeness (QED) is 0.382. The van der Waals surface area contributed by atoms with Crippen molar-refractivity contribution < 1.29 is 35.3 Å². The van der Waals surface area contributed by atoms with Gasteiger partial charge in [-0.2, -0.15) is 21.6 Å². The van der Waals surface area contributed by atoms with Crippen molar-refractivity contribution in [2.24, 2.45) is 17.3 Å². The minimum Gasteiger partial charge on any atom is -0.462 e. The van der Waals surface area contributed by atoms with Gasteiger partial charge in [-0.05, 0) is 79.5 Å². The molecule has 0 amide bonds. The zero-order valence-electron chi connectivity index (χ0n) is 16.9. The van der Waals surface area contributed by atoms with Gasteiger partial charge < -0.3 is 8.92 Å². The molecule has 2 saturated carbocycles. The number of aryl methyl sites for hydroxylation is 1. The fourth-order valence-corrected chi connectivity index (χ4v) is 6.58. The van der Waals surface area contributed by atoms with Crippen LogP contribution >= 0.6 is 0 Å². The van der Waals surface area contributed by atoms with Crippen molar-refractivity contribution in [1.82, 2.24) is 0 Å². The summed E-state index contributed by atoms with van der Waals surface area (Å²) in [6.07, 6.45) is 5.14. The lowest BCUT2D eigenvalue weighted by Crippen LogP contribution is -2.45. The fourth-order valence-electron chi connectivity index (χ4n) is 6.13. The predicted octanol–water partition coefficient (Wildman–Crippen LogP) is 4.70. The van der Waals surface area contributed by atoms with Crippen LogP contribution in [-0.4, -0.2) is 26.0 Å². The van der Waals surface area contributed by atoms with E-state index < -0.39 is 15.6 Å². The number of hydrogen-bond acceptors (Lipinski definition) is 5. The van der Waals surface area contributed by atoms with E-state index in [1.54, 1.807) is 6.07 Å². The van der Waals surface area contributed by atoms with Crippen molar-refractivity contribution in [2.45, 2.75) is 69.9 Å². The highest BCUT2D eigenvalue weighted by atomic mass is 32.2. The molecular weight excluding hydrogens is 421 g/mol. The number of alkyl halides is 3. The standard InChI is InChI=1S/C21H25F3O5S/c1-12(25)28-19-8-7-18-17-5-3-13-11-14(29-30(26,27)21(22,23)24)4-6-15(13)16(17)9-10-20(18,19)2/h4,6,11,16-19H,3,5,7-10H2,1-2H3. The van der Waals surface area contributed by atoms with Crippen molar-refractivity contribution >= 4 is 16.1 Å². The minimum atomic E-state index is -5.68. The summed E-state index contributed by atoms with van der Waals surface area (Å²) >= 11 is 0. The molecule has 0 radical (unpaired) electrons. The second-order valence-corrected chi connectivity index (χ2v) is 10.5. The molecule has 0 aromatic heterocycles. The Morgan fingerprint density at radius 3 is 2.57 bits per heavy atom. The van der Waals surface area contributed by atoms with Crippen LogP contribution in [0.5, 0.6) is 5.75 Å². The molecule has 4 rings (SSSR count). The first-order valence-electron chi connectivity index (χ1n) is 10.2. The second kappa shape index (κ2) is 7.14. The Balaban J connectivity index is 1.56. The maximum atomic E-state index is 12.6. The molecule has 0 heterocycles. The van der Waals surface area contributed by atoms with E-state index in [4.69, 9.17) is 4.74 Å². The third-order valence-electron chi connectivity index (χ3n) is 7.41. The number of carbonyl (C=O) groups is 1. The third kappa shape index (κ3) is 3.48. The topological polar surface area (TPSA) is 69.7 Å². The number of hydrogen-bond donors (Lipinski definition) is 0. The van der Waals surface area contributed by atoms with Crippen LogP contribution in [0.4, 0.5) is 13.2 Å². The number of benzene rings is 1. The van der Waals surface area contributed by atoms with E-state index in [0.717, 1.165) is 43.2 Å². The Hall–Kier alpha value is -1.77. The highest BCUT2D eigenvalue weighted by molar-refractivity contribution is 7.88. The highest BCUT2D eigenvalue weighted by Crippen LogP contribution is 2.61. The van der Waals surface area contributed by atoms with Gasteiger partial charge in [0.2, 0.25) is 0 Å². The third-order valence-corrected chi connectivity index (χ3v) is 8.39. The molecule has 5 nitrogen and oxygen atoms in total. The Morgan fingerprint density at radius 1 is 1.17 bits per heavy atom. The number of fused-ring (bicyclic) bond motifs is 5. The smallest absolute Gasteiger partial charge is 0.462 e. The monoisotopic (exact) mass is 446 g/mol. The van der Waals surface area contributed by atoms with Crippen LogP contribution in [0, 0.1) is 17.3 Å². The summed E-state index contributed by atoms with van der Waals surface area (Å²) in [7, 11) is -5.68. The first-order chi connectivity index (χ1) is 13.9. The molecule has 0 aliphatic heterocycles. The summed E-state index contributed by atoms with van der Waals surface area (Å²) in [5.74, 6) is 0.564. The van der Waals surface area contributed by atoms with Crippen molar-refractivity contribution in [3.63, 3.8) is 0 Å². The van der Waals surface area contributed by atoms with E-state index in [2.05, 4.69) is 11.1 Å². The van der Waals surface area contributed by atoms with E-state index in [1.807, 2.05) is 0 Å². The van der Waals surface area contributed by atoms with Crippen LogP contribution in [0.3, 0.4) is 0 Å². The molecule has 0 N–H and O–H groups in total. The zero-order valence-corrected chi connectivity index (χ0v) is 17.7. The van der Waals surface area contributed by atoms with Gasteiger partial charge in [0, 0.05) is 12.3 Å². The highest BCUT2D eigenvalue weighted by Gasteiger charge is 2.56. The number of rotatable bonds is 3. The lowest BCUT2D eigenvalue weighted by atomic mass is 9.55. The Bertz CT molecular complexity index is 958. The van der Waals surface area contributed by atoms with Crippen LogP contribution < -0.4 is 4.18 Å². The molecule has 1 aromatic rings. The van der Waals surface area contributed by atoms with Crippen molar-refractivity contribution in [3.8, 4) is 5.75 Å². The van der Waals surface area contributed by atoms with Gasteiger partial charge in [0.15, 0.2) is 0 Å². The first-order valence-corrected chi connectivity index (χ1v) is 11.6. The molecule has 3 aliphatic rings. The molecule has 9 heteroatoms. The summed E-state index contributed by atoms with van der Waals surface area (Å²) in [4.78, 5) is 11.5. The van der Waals surface area contributed by atoms with E-state index in [0.29, 0.717) is 18.3 Å². The average molecular weight is 446 g/mol. The summed E-state index contributed by atoms with van der Waals surface area (Å²) in [6, 6.07) is 4.46. The SMILES string of the molecule is CC(=O)OC1CCC2C3CCc4cc(OS(=O)(=O)C(F)(F)F)ccc4C3CCC12C. The summed E-state index contributed by atoms with van der Waals surface area (Å²) in [6.45, 7) is 3.65. The number of halogens is 3. The van der Waals surface area contributed by atoms with E-state index in [1.165, 1.54) is 19.1 Å². The number of carbonyl (C=O) groups excluding carboxylic acids is 1. The van der Waals surface area contributed by atoms with Crippen LogP contribution in [0.1, 0.15) is 63.0 Å². The molecule has 1 aromatic carbocycles. The molecule has 166 valence electrons. The van der Waals surface area contributed by atoms with Gasteiger partial charge in [-0.3, -0.25) is 4.79 Å². The van der Waals surface area contributed by atoms with Crippen LogP contribution in [0.25, 0.3) is 0 Å². The fraction of sp³-hybridized carbons (Fsp3) is 0.667. The summed E-state index contributed by atoms with van der Waals surface area (Å²) in [5.41, 5.74) is -3.58. The molecule has 2 fully saturated rings. The van der Waals surface area contributed by atoms with Gasteiger partial charge in [0.1, 0.15) is 11.9 Å². The van der Waals surface area contributed by atoms with Crippen LogP contribution in [0.15, 0.2) is 18.2 Å². The molecule has 3 aliphatic carbocycles. The molecule has 30 heavy (non-hydrogen) atoms. The van der Waals surface area contributed by atoms with E-state index in [-0.39, 0.29) is 29.2 Å². The molecule has 5 atom stereocenters. The summed E-state index contributed by atoms with van der Waals surface area (Å²) in [5, 5.41) is 0. The van der Waals surface area contributed by atoms with Gasteiger partial charge >= 0.3 is 21.6 Å². The molecule has 5 unspecified atom stereocenters. The normalized spacial score (nSPS) is 33.2. The van der Waals surface area contributed by atoms with Crippen molar-refractivity contribution in [3.05, 3.63) is 29.3 Å². The largest absolute Gasteiger partial charge is 0.534 e. The predicted molar refractivity (Wildman–Crippen MR) is 102 cm³/mol. The Morgan fingerprint density at radius 2 is 1.90 bits per heavy atom. The Labute approximate surface area is 174 Å². The van der Waals surface area contributed by atoms with Crippen molar-refractivity contribution in [2.75, 3.05) is 0 Å². The summed E-state index contributed by atoms with van der Waals surface area (Å²) < 4.78 is 70.3. The van der Waals surface area contributed by atoms with Crippen molar-refractivity contribution in [1.29, 1.82) is 0 Å². The van der Waals surface area contributed by atoms with Crippen LogP contribution in [0.2, 0.25) is 0 Å². The first kappa shape index (κ1) is 21.5.